The minimum Gasteiger partial charge on any atom is -0.258 e. The lowest BCUT2D eigenvalue weighted by molar-refractivity contribution is -0.385. The van der Waals surface area contributed by atoms with Gasteiger partial charge in [0.1, 0.15) is 0 Å². The van der Waals surface area contributed by atoms with Crippen LogP contribution in [0.5, 0.6) is 0 Å². The van der Waals surface area contributed by atoms with Crippen molar-refractivity contribution in [2.45, 2.75) is 26.2 Å². The van der Waals surface area contributed by atoms with E-state index < -0.39 is 4.92 Å². The van der Waals surface area contributed by atoms with Crippen LogP contribution in [0.4, 0.5) is 11.5 Å². The summed E-state index contributed by atoms with van der Waals surface area (Å²) in [5, 5.41) is 13.2. The van der Waals surface area contributed by atoms with Crippen LogP contribution in [0.15, 0.2) is 17.3 Å². The first-order valence-corrected chi connectivity index (χ1v) is 4.35. The molecule has 0 spiro atoms. The number of hydrogen-bond donors (Lipinski definition) is 0. The van der Waals surface area contributed by atoms with Gasteiger partial charge in [0.2, 0.25) is 5.82 Å². The lowest BCUT2D eigenvalue weighted by Gasteiger charge is -2.16. The number of nitrogens with zero attached hydrogens (tertiary/aromatic N) is 3. The zero-order chi connectivity index (χ0) is 11.6. The van der Waals surface area contributed by atoms with Crippen LogP contribution in [0.2, 0.25) is 0 Å². The van der Waals surface area contributed by atoms with Gasteiger partial charge in [-0.15, -0.1) is 4.91 Å². The first-order valence-electron chi connectivity index (χ1n) is 4.35. The second-order valence-electron chi connectivity index (χ2n) is 4.17. The maximum Gasteiger partial charge on any atom is 0.275 e. The summed E-state index contributed by atoms with van der Waals surface area (Å²) < 4.78 is 0. The third-order valence-electron chi connectivity index (χ3n) is 1.87. The van der Waals surface area contributed by atoms with Crippen LogP contribution < -0.4 is 0 Å². The zero-order valence-electron chi connectivity index (χ0n) is 8.72. The molecule has 0 unspecified atom stereocenters. The van der Waals surface area contributed by atoms with Gasteiger partial charge >= 0.3 is 0 Å². The molecule has 0 saturated carbocycles. The minimum atomic E-state index is -0.564. The summed E-state index contributed by atoms with van der Waals surface area (Å²) >= 11 is 0. The van der Waals surface area contributed by atoms with Gasteiger partial charge in [-0.25, -0.2) is 4.98 Å². The Balaban J connectivity index is 3.36. The molecule has 0 amide bonds. The predicted octanol–water partition coefficient (Wildman–Crippen LogP) is 2.69. The van der Waals surface area contributed by atoms with Crippen molar-refractivity contribution in [1.82, 2.24) is 4.98 Å². The van der Waals surface area contributed by atoms with E-state index in [-0.39, 0.29) is 16.9 Å². The summed E-state index contributed by atoms with van der Waals surface area (Å²) in [5.74, 6) is -0.158. The van der Waals surface area contributed by atoms with Crippen LogP contribution in [-0.4, -0.2) is 9.91 Å². The Morgan fingerprint density at radius 1 is 1.40 bits per heavy atom. The quantitative estimate of drug-likeness (QED) is 0.425. The van der Waals surface area contributed by atoms with Crippen molar-refractivity contribution in [1.29, 1.82) is 0 Å². The Morgan fingerprint density at radius 2 is 2.00 bits per heavy atom. The molecule has 1 aromatic rings. The average Bonchev–Trinajstić information content (AvgIpc) is 2.15. The molecule has 1 rings (SSSR count). The van der Waals surface area contributed by atoms with Gasteiger partial charge in [-0.1, -0.05) is 20.8 Å². The van der Waals surface area contributed by atoms with Crippen molar-refractivity contribution >= 4 is 11.5 Å². The fourth-order valence-corrected chi connectivity index (χ4v) is 1.04. The van der Waals surface area contributed by atoms with Gasteiger partial charge in [0.05, 0.1) is 16.7 Å². The molecular formula is C9H11N3O3. The van der Waals surface area contributed by atoms with Gasteiger partial charge in [0.25, 0.3) is 5.69 Å². The van der Waals surface area contributed by atoms with Crippen molar-refractivity contribution in [2.24, 2.45) is 5.18 Å². The maximum atomic E-state index is 10.6. The van der Waals surface area contributed by atoms with E-state index in [4.69, 9.17) is 0 Å². The molecule has 0 bridgehead atoms. The van der Waals surface area contributed by atoms with E-state index in [0.29, 0.717) is 5.69 Å². The third-order valence-corrected chi connectivity index (χ3v) is 1.87. The smallest absolute Gasteiger partial charge is 0.258 e. The average molecular weight is 209 g/mol. The molecule has 1 aromatic heterocycles. The van der Waals surface area contributed by atoms with Crippen LogP contribution in [0, 0.1) is 15.0 Å². The Hall–Kier alpha value is -1.85. The second-order valence-corrected chi connectivity index (χ2v) is 4.17. The van der Waals surface area contributed by atoms with Gasteiger partial charge in [-0.3, -0.25) is 10.1 Å². The highest BCUT2D eigenvalue weighted by Gasteiger charge is 2.20. The van der Waals surface area contributed by atoms with Crippen molar-refractivity contribution in [3.8, 4) is 0 Å². The molecule has 0 radical (unpaired) electrons. The van der Waals surface area contributed by atoms with E-state index in [2.05, 4.69) is 10.2 Å². The fourth-order valence-electron chi connectivity index (χ4n) is 1.04. The highest BCUT2D eigenvalue weighted by molar-refractivity contribution is 5.44. The number of hydrogen-bond acceptors (Lipinski definition) is 5. The van der Waals surface area contributed by atoms with E-state index in [1.807, 2.05) is 20.8 Å². The monoisotopic (exact) mass is 209 g/mol. The highest BCUT2D eigenvalue weighted by atomic mass is 16.6. The van der Waals surface area contributed by atoms with Gasteiger partial charge in [-0.05, 0) is 5.18 Å². The van der Waals surface area contributed by atoms with E-state index in [1.165, 1.54) is 6.07 Å². The maximum absolute atomic E-state index is 10.6. The Labute approximate surface area is 86.5 Å². The van der Waals surface area contributed by atoms with Gasteiger partial charge in [0.15, 0.2) is 0 Å². The van der Waals surface area contributed by atoms with E-state index in [0.717, 1.165) is 6.07 Å². The topological polar surface area (TPSA) is 85.5 Å². The highest BCUT2D eigenvalue weighted by Crippen LogP contribution is 2.27. The molecule has 0 N–H and O–H groups in total. The van der Waals surface area contributed by atoms with Crippen molar-refractivity contribution < 1.29 is 4.92 Å². The molecular weight excluding hydrogens is 198 g/mol. The van der Waals surface area contributed by atoms with Crippen LogP contribution >= 0.6 is 0 Å². The molecule has 1 heterocycles. The number of pyridine rings is 1. The zero-order valence-corrected chi connectivity index (χ0v) is 8.72. The molecule has 0 saturated heterocycles. The number of nitroso groups, excluding NO2 is 1. The molecule has 0 aliphatic rings. The summed E-state index contributed by atoms with van der Waals surface area (Å²) in [6.07, 6.45) is 0. The first kappa shape index (κ1) is 11.2. The van der Waals surface area contributed by atoms with Gasteiger partial charge in [-0.2, -0.15) is 0 Å². The third kappa shape index (κ3) is 2.55. The van der Waals surface area contributed by atoms with Crippen LogP contribution in [0.25, 0.3) is 0 Å². The van der Waals surface area contributed by atoms with Crippen molar-refractivity contribution in [3.05, 3.63) is 32.8 Å². The van der Waals surface area contributed by atoms with Crippen LogP contribution in [0.1, 0.15) is 26.5 Å². The SMILES string of the molecule is CC(C)(C)c1cc([N+](=O)[O-])cc(N=O)n1. The molecule has 6 heteroatoms. The van der Waals surface area contributed by atoms with Crippen molar-refractivity contribution in [2.75, 3.05) is 0 Å². The molecule has 15 heavy (non-hydrogen) atoms. The second kappa shape index (κ2) is 3.72. The fraction of sp³-hybridized carbons (Fsp3) is 0.444. The molecule has 0 aliphatic heterocycles. The first-order chi connectivity index (χ1) is 6.84. The molecule has 0 aromatic carbocycles. The van der Waals surface area contributed by atoms with Gasteiger partial charge in [0, 0.05) is 11.5 Å². The molecule has 80 valence electrons. The van der Waals surface area contributed by atoms with Crippen LogP contribution in [0.3, 0.4) is 0 Å². The standard InChI is InChI=1S/C9H11N3O3/c1-9(2,3)7-4-6(12(14)15)5-8(10-7)11-13/h4-5H,1-3H3. The lowest BCUT2D eigenvalue weighted by atomic mass is 9.91. The molecule has 0 atom stereocenters. The van der Waals surface area contributed by atoms with E-state index >= 15 is 0 Å². The molecule has 6 nitrogen and oxygen atoms in total. The Morgan fingerprint density at radius 3 is 2.40 bits per heavy atom. The summed E-state index contributed by atoms with van der Waals surface area (Å²) in [6.45, 7) is 5.56. The van der Waals surface area contributed by atoms with Crippen molar-refractivity contribution in [3.63, 3.8) is 0 Å². The van der Waals surface area contributed by atoms with Gasteiger partial charge < -0.3 is 0 Å². The predicted molar refractivity (Wildman–Crippen MR) is 55.0 cm³/mol. The molecule has 0 aliphatic carbocycles. The lowest BCUT2D eigenvalue weighted by Crippen LogP contribution is -2.13. The summed E-state index contributed by atoms with van der Waals surface area (Å²) in [7, 11) is 0. The number of aromatic nitrogens is 1. The normalized spacial score (nSPS) is 11.1. The molecule has 0 fully saturated rings. The Bertz CT molecular complexity index is 410. The summed E-state index contributed by atoms with van der Waals surface area (Å²) in [5.41, 5.74) is -0.0401. The van der Waals surface area contributed by atoms with E-state index in [1.54, 1.807) is 0 Å². The van der Waals surface area contributed by atoms with Crippen LogP contribution in [-0.2, 0) is 5.41 Å². The summed E-state index contributed by atoms with van der Waals surface area (Å²) in [4.78, 5) is 24.3. The largest absolute Gasteiger partial charge is 0.275 e. The van der Waals surface area contributed by atoms with E-state index in [9.17, 15) is 15.0 Å². The number of rotatable bonds is 2. The Kier molecular flexibility index (Phi) is 2.78. The number of nitro groups is 1. The summed E-state index contributed by atoms with van der Waals surface area (Å²) in [6, 6.07) is 2.41. The minimum absolute atomic E-state index is 0.158.